The van der Waals surface area contributed by atoms with Gasteiger partial charge in [0, 0.05) is 26.4 Å². The van der Waals surface area contributed by atoms with Gasteiger partial charge in [0.2, 0.25) is 10.0 Å². The Kier molecular flexibility index (Phi) is 6.40. The summed E-state index contributed by atoms with van der Waals surface area (Å²) in [5.41, 5.74) is 5.62. The Bertz CT molecular complexity index is 514. The summed E-state index contributed by atoms with van der Waals surface area (Å²) in [4.78, 5) is -0.0350. The summed E-state index contributed by atoms with van der Waals surface area (Å²) in [7, 11) is -2.24. The quantitative estimate of drug-likeness (QED) is 0.568. The van der Waals surface area contributed by atoms with Crippen molar-refractivity contribution in [3.8, 4) is 0 Å². The lowest BCUT2D eigenvalue weighted by molar-refractivity contribution is 0.0603. The van der Waals surface area contributed by atoms with Gasteiger partial charge in [-0.15, -0.1) is 0 Å². The van der Waals surface area contributed by atoms with Crippen LogP contribution in [-0.2, 0) is 21.3 Å². The molecule has 20 heavy (non-hydrogen) atoms. The van der Waals surface area contributed by atoms with E-state index in [0.29, 0.717) is 6.54 Å². The molecule has 1 rings (SSSR count). The molecule has 0 spiro atoms. The fraction of sp³-hybridized carbons (Fsp3) is 0.727. The number of anilines is 1. The number of hydrogen-bond donors (Lipinski definition) is 3. The number of nitrogens with two attached hydrogens (primary N) is 1. The van der Waals surface area contributed by atoms with Crippen LogP contribution < -0.4 is 10.5 Å². The summed E-state index contributed by atoms with van der Waals surface area (Å²) < 4.78 is 32.8. The number of aryl methyl sites for hydroxylation is 1. The SMILES string of the molecule is CCCn1cc(S(=O)(=O)NCCC(O)COC)c(N)n1. The molecule has 1 aromatic heterocycles. The van der Waals surface area contributed by atoms with Gasteiger partial charge in [-0.1, -0.05) is 6.92 Å². The Morgan fingerprint density at radius 1 is 1.60 bits per heavy atom. The monoisotopic (exact) mass is 306 g/mol. The molecule has 1 atom stereocenters. The van der Waals surface area contributed by atoms with Gasteiger partial charge in [0.15, 0.2) is 5.82 Å². The molecule has 1 heterocycles. The van der Waals surface area contributed by atoms with Gasteiger partial charge in [-0.05, 0) is 12.8 Å². The second-order valence-electron chi connectivity index (χ2n) is 4.44. The lowest BCUT2D eigenvalue weighted by Crippen LogP contribution is -2.28. The van der Waals surface area contributed by atoms with Crippen molar-refractivity contribution in [1.82, 2.24) is 14.5 Å². The van der Waals surface area contributed by atoms with Gasteiger partial charge in [0.25, 0.3) is 0 Å². The molecule has 0 fully saturated rings. The Morgan fingerprint density at radius 2 is 2.30 bits per heavy atom. The standard InChI is InChI=1S/C11H22N4O4S/c1-3-6-15-7-10(11(12)14-15)20(17,18)13-5-4-9(16)8-19-2/h7,9,13,16H,3-6,8H2,1-2H3,(H2,12,14). The van der Waals surface area contributed by atoms with Crippen molar-refractivity contribution in [2.45, 2.75) is 37.3 Å². The number of nitrogen functional groups attached to an aromatic ring is 1. The van der Waals surface area contributed by atoms with E-state index >= 15 is 0 Å². The van der Waals surface area contributed by atoms with Crippen LogP contribution in [0.1, 0.15) is 19.8 Å². The Labute approximate surface area is 119 Å². The van der Waals surface area contributed by atoms with Gasteiger partial charge in [-0.2, -0.15) is 5.10 Å². The third kappa shape index (κ3) is 4.75. The number of ether oxygens (including phenoxy) is 1. The van der Waals surface area contributed by atoms with Gasteiger partial charge in [-0.3, -0.25) is 4.68 Å². The number of hydrogen-bond acceptors (Lipinski definition) is 6. The molecule has 0 radical (unpaired) electrons. The van der Waals surface area contributed by atoms with Gasteiger partial charge >= 0.3 is 0 Å². The predicted molar refractivity (Wildman–Crippen MR) is 74.6 cm³/mol. The van der Waals surface area contributed by atoms with Crippen molar-refractivity contribution >= 4 is 15.8 Å². The van der Waals surface area contributed by atoms with Crippen LogP contribution in [0.15, 0.2) is 11.1 Å². The molecule has 9 heteroatoms. The highest BCUT2D eigenvalue weighted by atomic mass is 32.2. The second-order valence-corrected chi connectivity index (χ2v) is 6.17. The molecule has 1 unspecified atom stereocenters. The van der Waals surface area contributed by atoms with E-state index in [-0.39, 0.29) is 30.3 Å². The van der Waals surface area contributed by atoms with Gasteiger partial charge in [-0.25, -0.2) is 13.1 Å². The number of rotatable bonds is 9. The highest BCUT2D eigenvalue weighted by Crippen LogP contribution is 2.16. The van der Waals surface area contributed by atoms with Crippen molar-refractivity contribution in [3.63, 3.8) is 0 Å². The van der Waals surface area contributed by atoms with Crippen LogP contribution in [0.5, 0.6) is 0 Å². The molecule has 0 bridgehead atoms. The smallest absolute Gasteiger partial charge is 0.245 e. The zero-order valence-electron chi connectivity index (χ0n) is 11.7. The molecule has 0 saturated carbocycles. The third-order valence-electron chi connectivity index (χ3n) is 2.63. The van der Waals surface area contributed by atoms with Gasteiger partial charge in [0.1, 0.15) is 4.90 Å². The Hall–Kier alpha value is -1.16. The average molecular weight is 306 g/mol. The first kappa shape index (κ1) is 16.9. The maximum Gasteiger partial charge on any atom is 0.245 e. The molecule has 4 N–H and O–H groups in total. The van der Waals surface area contributed by atoms with Crippen LogP contribution in [0.2, 0.25) is 0 Å². The van der Waals surface area contributed by atoms with E-state index in [9.17, 15) is 13.5 Å². The number of nitrogens with one attached hydrogen (secondary N) is 1. The average Bonchev–Trinajstić information content (AvgIpc) is 2.72. The number of methoxy groups -OCH3 is 1. The van der Waals surface area contributed by atoms with Crippen LogP contribution in [0.3, 0.4) is 0 Å². The third-order valence-corrected chi connectivity index (χ3v) is 4.10. The van der Waals surface area contributed by atoms with Crippen LogP contribution in [0.25, 0.3) is 0 Å². The van der Waals surface area contributed by atoms with E-state index < -0.39 is 16.1 Å². The summed E-state index contributed by atoms with van der Waals surface area (Å²) in [5, 5.41) is 13.4. The number of aromatic nitrogens is 2. The summed E-state index contributed by atoms with van der Waals surface area (Å²) in [6.07, 6.45) is 1.79. The Morgan fingerprint density at radius 3 is 2.90 bits per heavy atom. The maximum atomic E-state index is 12.1. The lowest BCUT2D eigenvalue weighted by Gasteiger charge is -2.10. The molecule has 0 aromatic carbocycles. The molecule has 0 aliphatic rings. The normalized spacial score (nSPS) is 13.6. The summed E-state index contributed by atoms with van der Waals surface area (Å²) in [5.74, 6) is -0.0246. The van der Waals surface area contributed by atoms with Crippen molar-refractivity contribution < 1.29 is 18.3 Å². The van der Waals surface area contributed by atoms with Gasteiger partial charge in [0.05, 0.1) is 12.7 Å². The van der Waals surface area contributed by atoms with E-state index in [4.69, 9.17) is 10.5 Å². The van der Waals surface area contributed by atoms with Crippen LogP contribution in [0, 0.1) is 0 Å². The highest BCUT2D eigenvalue weighted by Gasteiger charge is 2.21. The number of sulfonamides is 1. The largest absolute Gasteiger partial charge is 0.391 e. The summed E-state index contributed by atoms with van der Waals surface area (Å²) >= 11 is 0. The molecule has 0 amide bonds. The molecule has 8 nitrogen and oxygen atoms in total. The van der Waals surface area contributed by atoms with Crippen molar-refractivity contribution in [1.29, 1.82) is 0 Å². The zero-order valence-corrected chi connectivity index (χ0v) is 12.6. The van der Waals surface area contributed by atoms with E-state index in [1.807, 2.05) is 6.92 Å². The van der Waals surface area contributed by atoms with Crippen molar-refractivity contribution in [3.05, 3.63) is 6.20 Å². The number of nitrogens with zero attached hydrogens (tertiary/aromatic N) is 2. The van der Waals surface area contributed by atoms with E-state index in [1.54, 1.807) is 0 Å². The minimum absolute atomic E-state index is 0.0246. The second kappa shape index (κ2) is 7.58. The minimum atomic E-state index is -3.71. The highest BCUT2D eigenvalue weighted by molar-refractivity contribution is 7.89. The van der Waals surface area contributed by atoms with E-state index in [2.05, 4.69) is 9.82 Å². The molecule has 0 aliphatic heterocycles. The fourth-order valence-electron chi connectivity index (χ4n) is 1.68. The van der Waals surface area contributed by atoms with Crippen molar-refractivity contribution in [2.75, 3.05) is 26.0 Å². The molecular formula is C11H22N4O4S. The van der Waals surface area contributed by atoms with Crippen LogP contribution in [-0.4, -0.2) is 49.7 Å². The fourth-order valence-corrected chi connectivity index (χ4v) is 2.80. The molecule has 116 valence electrons. The van der Waals surface area contributed by atoms with E-state index in [0.717, 1.165) is 6.42 Å². The zero-order chi connectivity index (χ0) is 15.2. The number of aliphatic hydroxyl groups excluding tert-OH is 1. The topological polar surface area (TPSA) is 119 Å². The lowest BCUT2D eigenvalue weighted by atomic mass is 10.3. The van der Waals surface area contributed by atoms with Gasteiger partial charge < -0.3 is 15.6 Å². The van der Waals surface area contributed by atoms with E-state index in [1.165, 1.54) is 18.0 Å². The molecule has 1 aromatic rings. The first-order valence-corrected chi connectivity index (χ1v) is 7.88. The van der Waals surface area contributed by atoms with Crippen LogP contribution >= 0.6 is 0 Å². The molecule has 0 saturated heterocycles. The maximum absolute atomic E-state index is 12.1. The minimum Gasteiger partial charge on any atom is -0.391 e. The summed E-state index contributed by atoms with van der Waals surface area (Å²) in [6, 6.07) is 0. The van der Waals surface area contributed by atoms with Crippen molar-refractivity contribution in [2.24, 2.45) is 0 Å². The predicted octanol–water partition coefficient (Wildman–Crippen LogP) is -0.449. The van der Waals surface area contributed by atoms with Crippen LogP contribution in [0.4, 0.5) is 5.82 Å². The summed E-state index contributed by atoms with van der Waals surface area (Å²) in [6.45, 7) is 2.83. The molecule has 0 aliphatic carbocycles. The first-order chi connectivity index (χ1) is 9.40. The first-order valence-electron chi connectivity index (χ1n) is 6.40. The molecular weight excluding hydrogens is 284 g/mol. The Balaban J connectivity index is 2.64. The number of aliphatic hydroxyl groups is 1.